The first-order valence-corrected chi connectivity index (χ1v) is 7.56. The molecule has 1 unspecified atom stereocenters. The van der Waals surface area contributed by atoms with Crippen molar-refractivity contribution in [1.29, 1.82) is 0 Å². The van der Waals surface area contributed by atoms with Crippen LogP contribution in [0.2, 0.25) is 0 Å². The fourth-order valence-electron chi connectivity index (χ4n) is 3.30. The van der Waals surface area contributed by atoms with E-state index in [0.717, 1.165) is 24.5 Å². The Balaban J connectivity index is 0.00000133. The SMILES string of the molecule is CN=C(NCC1CCN(C2CC2)C1)N1CCCC1.I. The highest BCUT2D eigenvalue weighted by Gasteiger charge is 2.34. The maximum absolute atomic E-state index is 4.42. The van der Waals surface area contributed by atoms with Gasteiger partial charge in [-0.15, -0.1) is 24.0 Å². The predicted molar refractivity (Wildman–Crippen MR) is 90.3 cm³/mol. The summed E-state index contributed by atoms with van der Waals surface area (Å²) in [6.45, 7) is 6.08. The van der Waals surface area contributed by atoms with Gasteiger partial charge in [0.1, 0.15) is 0 Å². The minimum absolute atomic E-state index is 0. The molecule has 1 saturated carbocycles. The van der Waals surface area contributed by atoms with Crippen molar-refractivity contribution in [3.05, 3.63) is 0 Å². The molecule has 0 aromatic carbocycles. The van der Waals surface area contributed by atoms with Crippen molar-refractivity contribution < 1.29 is 0 Å². The van der Waals surface area contributed by atoms with E-state index >= 15 is 0 Å². The molecule has 2 heterocycles. The maximum atomic E-state index is 4.42. The lowest BCUT2D eigenvalue weighted by atomic mass is 10.1. The van der Waals surface area contributed by atoms with Crippen LogP contribution >= 0.6 is 24.0 Å². The number of halogens is 1. The fourth-order valence-corrected chi connectivity index (χ4v) is 3.30. The van der Waals surface area contributed by atoms with E-state index in [1.165, 1.54) is 58.3 Å². The van der Waals surface area contributed by atoms with Crippen molar-refractivity contribution in [2.75, 3.05) is 39.8 Å². The summed E-state index contributed by atoms with van der Waals surface area (Å²) in [7, 11) is 1.91. The average Bonchev–Trinajstić information content (AvgIpc) is 2.93. The van der Waals surface area contributed by atoms with Crippen LogP contribution in [0.4, 0.5) is 0 Å². The van der Waals surface area contributed by atoms with Crippen molar-refractivity contribution in [2.24, 2.45) is 10.9 Å². The molecule has 2 saturated heterocycles. The van der Waals surface area contributed by atoms with Gasteiger partial charge in [-0.05, 0) is 44.6 Å². The van der Waals surface area contributed by atoms with E-state index in [4.69, 9.17) is 0 Å². The van der Waals surface area contributed by atoms with Crippen LogP contribution in [-0.4, -0.2) is 61.6 Å². The maximum Gasteiger partial charge on any atom is 0.193 e. The second-order valence-corrected chi connectivity index (χ2v) is 6.00. The van der Waals surface area contributed by atoms with Gasteiger partial charge < -0.3 is 15.1 Å². The molecule has 0 spiro atoms. The third-order valence-corrected chi connectivity index (χ3v) is 4.55. The number of aliphatic imine (C=N–C) groups is 1. The highest BCUT2D eigenvalue weighted by molar-refractivity contribution is 14.0. The van der Waals surface area contributed by atoms with E-state index in [1.807, 2.05) is 7.05 Å². The van der Waals surface area contributed by atoms with Crippen LogP contribution in [0.3, 0.4) is 0 Å². The summed E-state index contributed by atoms with van der Waals surface area (Å²) in [4.78, 5) is 9.50. The molecule has 0 aromatic heterocycles. The standard InChI is InChI=1S/C14H26N4.HI/c1-15-14(17-7-2-3-8-17)16-10-12-6-9-18(11-12)13-4-5-13;/h12-13H,2-11H2,1H3,(H,15,16);1H. The van der Waals surface area contributed by atoms with E-state index in [2.05, 4.69) is 20.1 Å². The van der Waals surface area contributed by atoms with E-state index < -0.39 is 0 Å². The van der Waals surface area contributed by atoms with Crippen LogP contribution < -0.4 is 5.32 Å². The van der Waals surface area contributed by atoms with Gasteiger partial charge in [-0.25, -0.2) is 0 Å². The monoisotopic (exact) mass is 378 g/mol. The van der Waals surface area contributed by atoms with Crippen molar-refractivity contribution >= 4 is 29.9 Å². The molecule has 5 heteroatoms. The van der Waals surface area contributed by atoms with Gasteiger partial charge in [-0.1, -0.05) is 0 Å². The Morgan fingerprint density at radius 3 is 2.53 bits per heavy atom. The van der Waals surface area contributed by atoms with Gasteiger partial charge >= 0.3 is 0 Å². The Morgan fingerprint density at radius 2 is 1.89 bits per heavy atom. The lowest BCUT2D eigenvalue weighted by Crippen LogP contribution is -2.42. The van der Waals surface area contributed by atoms with Crippen LogP contribution in [0, 0.1) is 5.92 Å². The van der Waals surface area contributed by atoms with Gasteiger partial charge in [-0.2, -0.15) is 0 Å². The Labute approximate surface area is 134 Å². The fraction of sp³-hybridized carbons (Fsp3) is 0.929. The van der Waals surface area contributed by atoms with Crippen LogP contribution in [0.25, 0.3) is 0 Å². The van der Waals surface area contributed by atoms with Crippen molar-refractivity contribution in [2.45, 2.75) is 38.1 Å². The minimum atomic E-state index is 0. The first-order valence-electron chi connectivity index (χ1n) is 7.56. The molecule has 1 atom stereocenters. The third kappa shape index (κ3) is 3.97. The molecule has 4 nitrogen and oxygen atoms in total. The minimum Gasteiger partial charge on any atom is -0.356 e. The first kappa shape index (κ1) is 15.4. The van der Waals surface area contributed by atoms with Gasteiger partial charge in [-0.3, -0.25) is 4.99 Å². The van der Waals surface area contributed by atoms with Crippen LogP contribution in [0.5, 0.6) is 0 Å². The third-order valence-electron chi connectivity index (χ3n) is 4.55. The molecule has 19 heavy (non-hydrogen) atoms. The zero-order valence-electron chi connectivity index (χ0n) is 12.0. The van der Waals surface area contributed by atoms with Crippen LogP contribution in [0.1, 0.15) is 32.1 Å². The lowest BCUT2D eigenvalue weighted by Gasteiger charge is -2.22. The highest BCUT2D eigenvalue weighted by Crippen LogP contribution is 2.31. The van der Waals surface area contributed by atoms with E-state index in [-0.39, 0.29) is 24.0 Å². The van der Waals surface area contributed by atoms with E-state index in [9.17, 15) is 0 Å². The number of guanidine groups is 1. The number of likely N-dealkylation sites (tertiary alicyclic amines) is 2. The Kier molecular flexibility index (Phi) is 5.74. The van der Waals surface area contributed by atoms with E-state index in [0.29, 0.717) is 0 Å². The van der Waals surface area contributed by atoms with E-state index in [1.54, 1.807) is 0 Å². The molecule has 0 aromatic rings. The predicted octanol–water partition coefficient (Wildman–Crippen LogP) is 1.76. The molecule has 2 aliphatic heterocycles. The van der Waals surface area contributed by atoms with Gasteiger partial charge in [0.2, 0.25) is 0 Å². The topological polar surface area (TPSA) is 30.9 Å². The average molecular weight is 378 g/mol. The molecular formula is C14H27IN4. The molecule has 3 aliphatic rings. The van der Waals surface area contributed by atoms with Crippen LogP contribution in [0.15, 0.2) is 4.99 Å². The zero-order valence-corrected chi connectivity index (χ0v) is 14.3. The molecular weight excluding hydrogens is 351 g/mol. The van der Waals surface area contributed by atoms with Gasteiger partial charge in [0.15, 0.2) is 5.96 Å². The van der Waals surface area contributed by atoms with Crippen LogP contribution in [-0.2, 0) is 0 Å². The van der Waals surface area contributed by atoms with Gasteiger partial charge in [0.25, 0.3) is 0 Å². The van der Waals surface area contributed by atoms with Crippen molar-refractivity contribution in [1.82, 2.24) is 15.1 Å². The zero-order chi connectivity index (χ0) is 12.4. The molecule has 110 valence electrons. The molecule has 0 radical (unpaired) electrons. The summed E-state index contributed by atoms with van der Waals surface area (Å²) in [6, 6.07) is 0.938. The smallest absolute Gasteiger partial charge is 0.193 e. The highest BCUT2D eigenvalue weighted by atomic mass is 127. The normalized spacial score (nSPS) is 28.6. The summed E-state index contributed by atoms with van der Waals surface area (Å²) >= 11 is 0. The molecule has 1 N–H and O–H groups in total. The second-order valence-electron chi connectivity index (χ2n) is 6.00. The molecule has 3 rings (SSSR count). The second kappa shape index (κ2) is 7.11. The lowest BCUT2D eigenvalue weighted by molar-refractivity contribution is 0.313. The summed E-state index contributed by atoms with van der Waals surface area (Å²) < 4.78 is 0. The summed E-state index contributed by atoms with van der Waals surface area (Å²) in [5.41, 5.74) is 0. The largest absolute Gasteiger partial charge is 0.356 e. The Hall–Kier alpha value is -0.0400. The van der Waals surface area contributed by atoms with Crippen molar-refractivity contribution in [3.63, 3.8) is 0 Å². The first-order chi connectivity index (χ1) is 8.86. The Morgan fingerprint density at radius 1 is 1.16 bits per heavy atom. The molecule has 0 amide bonds. The number of hydrogen-bond acceptors (Lipinski definition) is 2. The number of rotatable bonds is 3. The quantitative estimate of drug-likeness (QED) is 0.461. The summed E-state index contributed by atoms with van der Waals surface area (Å²) in [5, 5.41) is 3.58. The number of nitrogens with one attached hydrogen (secondary N) is 1. The number of nitrogens with zero attached hydrogens (tertiary/aromatic N) is 3. The van der Waals surface area contributed by atoms with Gasteiger partial charge in [0, 0.05) is 39.3 Å². The molecule has 3 fully saturated rings. The number of hydrogen-bond donors (Lipinski definition) is 1. The van der Waals surface area contributed by atoms with Crippen molar-refractivity contribution in [3.8, 4) is 0 Å². The summed E-state index contributed by atoms with van der Waals surface area (Å²) in [6.07, 6.45) is 6.88. The Bertz CT molecular complexity index is 311. The van der Waals surface area contributed by atoms with Gasteiger partial charge in [0.05, 0.1) is 0 Å². The summed E-state index contributed by atoms with van der Waals surface area (Å²) in [5.74, 6) is 1.95. The molecule has 0 bridgehead atoms. The molecule has 1 aliphatic carbocycles.